The first-order chi connectivity index (χ1) is 4.20. The first kappa shape index (κ1) is 6.58. The number of hydrogen-bond acceptors (Lipinski definition) is 3. The van der Waals surface area contributed by atoms with E-state index in [1.54, 1.807) is 0 Å². The molecule has 1 unspecified atom stereocenters. The standard InChI is InChI=1S/C6H12N2O/c1-5-3-8(2)4-7-6(5)9/h3,6-7,9H,4H2,1-2H3. The molecular formula is C6H12N2O. The molecular weight excluding hydrogens is 116 g/mol. The molecule has 3 heteroatoms. The Kier molecular flexibility index (Phi) is 1.73. The number of aliphatic hydroxyl groups excluding tert-OH is 1. The van der Waals surface area contributed by atoms with Gasteiger partial charge in [-0.25, -0.2) is 0 Å². The third-order valence-electron chi connectivity index (χ3n) is 1.39. The van der Waals surface area contributed by atoms with Crippen molar-refractivity contribution in [2.75, 3.05) is 13.7 Å². The largest absolute Gasteiger partial charge is 0.375 e. The van der Waals surface area contributed by atoms with Gasteiger partial charge in [0.2, 0.25) is 0 Å². The van der Waals surface area contributed by atoms with E-state index < -0.39 is 6.23 Å². The SMILES string of the molecule is CC1=CN(C)CNC1O. The smallest absolute Gasteiger partial charge is 0.129 e. The van der Waals surface area contributed by atoms with Crippen LogP contribution in [-0.4, -0.2) is 30.0 Å². The van der Waals surface area contributed by atoms with Crippen LogP contribution in [0.4, 0.5) is 0 Å². The Morgan fingerprint density at radius 2 is 2.56 bits per heavy atom. The lowest BCUT2D eigenvalue weighted by Crippen LogP contribution is -2.41. The lowest BCUT2D eigenvalue weighted by atomic mass is 10.2. The summed E-state index contributed by atoms with van der Waals surface area (Å²) in [6.07, 6.45) is 1.49. The third-order valence-corrected chi connectivity index (χ3v) is 1.39. The van der Waals surface area contributed by atoms with Crippen LogP contribution in [0.1, 0.15) is 6.92 Å². The van der Waals surface area contributed by atoms with Gasteiger partial charge in [-0.05, 0) is 12.5 Å². The molecule has 0 aliphatic carbocycles. The molecule has 1 rings (SSSR count). The van der Waals surface area contributed by atoms with Crippen molar-refractivity contribution in [1.82, 2.24) is 10.2 Å². The molecule has 9 heavy (non-hydrogen) atoms. The van der Waals surface area contributed by atoms with E-state index in [1.165, 1.54) is 0 Å². The van der Waals surface area contributed by atoms with Crippen LogP contribution in [0.2, 0.25) is 0 Å². The maximum atomic E-state index is 9.09. The van der Waals surface area contributed by atoms with Gasteiger partial charge in [0.1, 0.15) is 6.23 Å². The fourth-order valence-corrected chi connectivity index (χ4v) is 0.855. The summed E-state index contributed by atoms with van der Waals surface area (Å²) in [7, 11) is 1.96. The summed E-state index contributed by atoms with van der Waals surface area (Å²) in [5, 5.41) is 12.0. The summed E-state index contributed by atoms with van der Waals surface area (Å²) in [6.45, 7) is 2.62. The Bertz CT molecular complexity index is 133. The molecule has 1 heterocycles. The molecule has 0 saturated carbocycles. The highest BCUT2D eigenvalue weighted by Gasteiger charge is 2.10. The van der Waals surface area contributed by atoms with E-state index in [2.05, 4.69) is 5.32 Å². The molecule has 0 radical (unpaired) electrons. The minimum atomic E-state index is -0.443. The Balaban J connectivity index is 2.61. The average Bonchev–Trinajstić information content (AvgIpc) is 1.80. The van der Waals surface area contributed by atoms with Gasteiger partial charge in [-0.1, -0.05) is 0 Å². The topological polar surface area (TPSA) is 35.5 Å². The zero-order valence-corrected chi connectivity index (χ0v) is 5.76. The quantitative estimate of drug-likeness (QED) is 0.470. The van der Waals surface area contributed by atoms with E-state index in [4.69, 9.17) is 5.11 Å². The van der Waals surface area contributed by atoms with Gasteiger partial charge in [-0.2, -0.15) is 0 Å². The van der Waals surface area contributed by atoms with Crippen LogP contribution in [0.25, 0.3) is 0 Å². The van der Waals surface area contributed by atoms with Gasteiger partial charge in [0.05, 0.1) is 6.67 Å². The van der Waals surface area contributed by atoms with Crippen molar-refractivity contribution in [2.45, 2.75) is 13.2 Å². The highest BCUT2D eigenvalue weighted by Crippen LogP contribution is 2.03. The van der Waals surface area contributed by atoms with E-state index in [0.717, 1.165) is 12.2 Å². The molecule has 0 aromatic carbocycles. The van der Waals surface area contributed by atoms with Crippen molar-refractivity contribution < 1.29 is 5.11 Å². The van der Waals surface area contributed by atoms with Crippen LogP contribution in [-0.2, 0) is 0 Å². The van der Waals surface area contributed by atoms with Crippen LogP contribution in [0.5, 0.6) is 0 Å². The molecule has 0 bridgehead atoms. The van der Waals surface area contributed by atoms with Crippen LogP contribution in [0.3, 0.4) is 0 Å². The molecule has 1 aliphatic heterocycles. The molecule has 0 fully saturated rings. The van der Waals surface area contributed by atoms with Crippen molar-refractivity contribution >= 4 is 0 Å². The minimum Gasteiger partial charge on any atom is -0.375 e. The lowest BCUT2D eigenvalue weighted by Gasteiger charge is -2.26. The van der Waals surface area contributed by atoms with Gasteiger partial charge >= 0.3 is 0 Å². The molecule has 3 nitrogen and oxygen atoms in total. The average molecular weight is 128 g/mol. The summed E-state index contributed by atoms with van der Waals surface area (Å²) in [5.74, 6) is 0. The van der Waals surface area contributed by atoms with E-state index in [1.807, 2.05) is 25.1 Å². The predicted octanol–water partition coefficient (Wildman–Crippen LogP) is -0.299. The van der Waals surface area contributed by atoms with Crippen molar-refractivity contribution in [3.8, 4) is 0 Å². The van der Waals surface area contributed by atoms with Crippen LogP contribution in [0.15, 0.2) is 11.8 Å². The van der Waals surface area contributed by atoms with E-state index in [-0.39, 0.29) is 0 Å². The van der Waals surface area contributed by atoms with E-state index >= 15 is 0 Å². The lowest BCUT2D eigenvalue weighted by molar-refractivity contribution is 0.138. The summed E-state index contributed by atoms with van der Waals surface area (Å²) >= 11 is 0. The van der Waals surface area contributed by atoms with Gasteiger partial charge in [0, 0.05) is 13.2 Å². The third kappa shape index (κ3) is 1.43. The molecule has 52 valence electrons. The zero-order chi connectivity index (χ0) is 6.85. The fourth-order valence-electron chi connectivity index (χ4n) is 0.855. The molecule has 0 spiro atoms. The van der Waals surface area contributed by atoms with Gasteiger partial charge in [-0.15, -0.1) is 0 Å². The number of hydrogen-bond donors (Lipinski definition) is 2. The second-order valence-electron chi connectivity index (χ2n) is 2.39. The minimum absolute atomic E-state index is 0.443. The predicted molar refractivity (Wildman–Crippen MR) is 35.5 cm³/mol. The summed E-state index contributed by atoms with van der Waals surface area (Å²) < 4.78 is 0. The molecule has 0 amide bonds. The molecule has 0 saturated heterocycles. The van der Waals surface area contributed by atoms with Crippen LogP contribution in [0, 0.1) is 0 Å². The Morgan fingerprint density at radius 3 is 3.00 bits per heavy atom. The van der Waals surface area contributed by atoms with Gasteiger partial charge in [-0.3, -0.25) is 5.32 Å². The first-order valence-electron chi connectivity index (χ1n) is 3.00. The number of rotatable bonds is 0. The summed E-state index contributed by atoms with van der Waals surface area (Å²) in [4.78, 5) is 1.99. The van der Waals surface area contributed by atoms with Gasteiger partial charge in [0.15, 0.2) is 0 Å². The van der Waals surface area contributed by atoms with Crippen molar-refractivity contribution in [2.24, 2.45) is 0 Å². The normalized spacial score (nSPS) is 28.1. The molecule has 1 atom stereocenters. The Morgan fingerprint density at radius 1 is 1.89 bits per heavy atom. The summed E-state index contributed by atoms with van der Waals surface area (Å²) in [6, 6.07) is 0. The van der Waals surface area contributed by atoms with Crippen LogP contribution >= 0.6 is 0 Å². The first-order valence-corrected chi connectivity index (χ1v) is 3.00. The molecule has 0 aromatic rings. The maximum Gasteiger partial charge on any atom is 0.129 e. The highest BCUT2D eigenvalue weighted by molar-refractivity contribution is 5.05. The van der Waals surface area contributed by atoms with Gasteiger partial charge < -0.3 is 10.0 Å². The highest BCUT2D eigenvalue weighted by atomic mass is 16.3. The molecule has 0 aromatic heterocycles. The number of nitrogens with zero attached hydrogens (tertiary/aromatic N) is 1. The Labute approximate surface area is 55.0 Å². The van der Waals surface area contributed by atoms with Crippen molar-refractivity contribution in [3.05, 3.63) is 11.8 Å². The maximum absolute atomic E-state index is 9.09. The second-order valence-corrected chi connectivity index (χ2v) is 2.39. The molecule has 2 N–H and O–H groups in total. The Hall–Kier alpha value is -0.540. The van der Waals surface area contributed by atoms with E-state index in [0.29, 0.717) is 0 Å². The monoisotopic (exact) mass is 128 g/mol. The summed E-state index contributed by atoms with van der Waals surface area (Å²) in [5.41, 5.74) is 0.962. The second kappa shape index (κ2) is 2.37. The van der Waals surface area contributed by atoms with Crippen molar-refractivity contribution in [1.29, 1.82) is 0 Å². The fraction of sp³-hybridized carbons (Fsp3) is 0.667. The number of aliphatic hydroxyl groups is 1. The molecule has 1 aliphatic rings. The van der Waals surface area contributed by atoms with Gasteiger partial charge in [0.25, 0.3) is 0 Å². The number of nitrogens with one attached hydrogen (secondary N) is 1. The van der Waals surface area contributed by atoms with E-state index in [9.17, 15) is 0 Å². The van der Waals surface area contributed by atoms with Crippen LogP contribution < -0.4 is 5.32 Å². The zero-order valence-electron chi connectivity index (χ0n) is 5.76. The van der Waals surface area contributed by atoms with Crippen molar-refractivity contribution in [3.63, 3.8) is 0 Å².